The highest BCUT2D eigenvalue weighted by Crippen LogP contribution is 2.09. The molecule has 0 aliphatic carbocycles. The third kappa shape index (κ3) is 15.8. The molecule has 1 N–H and O–H groups in total. The Morgan fingerprint density at radius 2 is 1.09 bits per heavy atom. The predicted molar refractivity (Wildman–Crippen MR) is 95.4 cm³/mol. The monoisotopic (exact) mass is 313 g/mol. The molecule has 0 amide bonds. The third-order valence-electron chi connectivity index (χ3n) is 4.30. The van der Waals surface area contributed by atoms with Crippen LogP contribution in [0.4, 0.5) is 0 Å². The molecule has 0 aliphatic heterocycles. The highest BCUT2D eigenvalue weighted by atomic mass is 16.4. The fourth-order valence-electron chi connectivity index (χ4n) is 2.82. The molecule has 0 aromatic heterocycles. The minimum absolute atomic E-state index is 0.283. The van der Waals surface area contributed by atoms with Crippen LogP contribution in [0.25, 0.3) is 0 Å². The van der Waals surface area contributed by atoms with Gasteiger partial charge in [0.25, 0.3) is 0 Å². The molecule has 0 heterocycles. The first-order chi connectivity index (χ1) is 10.7. The molecule has 0 spiro atoms. The molecule has 0 aliphatic rings. The maximum Gasteiger partial charge on any atom is 0.304 e. The third-order valence-corrected chi connectivity index (χ3v) is 4.30. The van der Waals surface area contributed by atoms with E-state index in [9.17, 15) is 4.79 Å². The Hall–Kier alpha value is -0.570. The zero-order valence-electron chi connectivity index (χ0n) is 15.1. The van der Waals surface area contributed by atoms with E-state index in [-0.39, 0.29) is 6.42 Å². The molecule has 0 fully saturated rings. The molecule has 0 radical (unpaired) electrons. The Morgan fingerprint density at radius 1 is 0.682 bits per heavy atom. The smallest absolute Gasteiger partial charge is 0.304 e. The van der Waals surface area contributed by atoms with Crippen LogP contribution in [0.2, 0.25) is 0 Å². The number of rotatable bonds is 17. The van der Waals surface area contributed by atoms with Crippen LogP contribution in [-0.2, 0) is 4.79 Å². The molecule has 0 aromatic carbocycles. The van der Waals surface area contributed by atoms with Crippen molar-refractivity contribution in [1.29, 1.82) is 0 Å². The van der Waals surface area contributed by atoms with Gasteiger partial charge in [-0.1, -0.05) is 78.1 Å². The van der Waals surface area contributed by atoms with Crippen LogP contribution in [0.15, 0.2) is 0 Å². The molecular formula is C19H39NO2. The summed E-state index contributed by atoms with van der Waals surface area (Å²) in [5.74, 6) is -0.670. The van der Waals surface area contributed by atoms with Gasteiger partial charge in [-0.25, -0.2) is 0 Å². The van der Waals surface area contributed by atoms with Gasteiger partial charge in [0.15, 0.2) is 0 Å². The zero-order valence-corrected chi connectivity index (χ0v) is 15.1. The number of carbonyl (C=O) groups is 1. The number of carboxylic acids is 1. The lowest BCUT2D eigenvalue weighted by molar-refractivity contribution is -0.137. The summed E-state index contributed by atoms with van der Waals surface area (Å²) in [6.45, 7) is 7.37. The Labute approximate surface area is 138 Å². The van der Waals surface area contributed by atoms with Gasteiger partial charge < -0.3 is 10.0 Å². The van der Waals surface area contributed by atoms with E-state index in [0.717, 1.165) is 19.6 Å². The molecule has 3 heteroatoms. The van der Waals surface area contributed by atoms with Crippen molar-refractivity contribution in [2.45, 2.75) is 97.3 Å². The van der Waals surface area contributed by atoms with Crippen molar-refractivity contribution in [1.82, 2.24) is 4.90 Å². The molecular weight excluding hydrogens is 274 g/mol. The second-order valence-corrected chi connectivity index (χ2v) is 6.52. The van der Waals surface area contributed by atoms with Crippen molar-refractivity contribution in [2.24, 2.45) is 0 Å². The van der Waals surface area contributed by atoms with Crippen LogP contribution in [-0.4, -0.2) is 35.6 Å². The number of unbranched alkanes of at least 4 members (excludes halogenated alkanes) is 10. The van der Waals surface area contributed by atoms with Crippen molar-refractivity contribution < 1.29 is 9.90 Å². The first-order valence-electron chi connectivity index (χ1n) is 9.64. The molecule has 0 rings (SSSR count). The molecule has 0 aromatic rings. The normalized spacial score (nSPS) is 11.2. The Kier molecular flexibility index (Phi) is 16.4. The van der Waals surface area contributed by atoms with Crippen molar-refractivity contribution >= 4 is 5.97 Å². The number of nitrogens with zero attached hydrogens (tertiary/aromatic N) is 1. The first-order valence-corrected chi connectivity index (χ1v) is 9.64. The average molecular weight is 314 g/mol. The van der Waals surface area contributed by atoms with Gasteiger partial charge in [-0.2, -0.15) is 0 Å². The van der Waals surface area contributed by atoms with E-state index in [4.69, 9.17) is 5.11 Å². The van der Waals surface area contributed by atoms with E-state index >= 15 is 0 Å². The van der Waals surface area contributed by atoms with Crippen molar-refractivity contribution in [3.05, 3.63) is 0 Å². The highest BCUT2D eigenvalue weighted by molar-refractivity contribution is 5.66. The molecule has 0 saturated heterocycles. The number of aliphatic carboxylic acids is 1. The van der Waals surface area contributed by atoms with Crippen molar-refractivity contribution in [2.75, 3.05) is 19.6 Å². The summed E-state index contributed by atoms with van der Waals surface area (Å²) in [6, 6.07) is 0. The standard InChI is InChI=1S/C19H39NO2/c1-3-5-7-9-11-13-16-20(18-15-19(21)22)17-14-12-10-8-6-4-2/h3-18H2,1-2H3,(H,21,22). The van der Waals surface area contributed by atoms with E-state index in [0.29, 0.717) is 0 Å². The van der Waals surface area contributed by atoms with Gasteiger partial charge >= 0.3 is 5.97 Å². The van der Waals surface area contributed by atoms with Crippen LogP contribution in [0.3, 0.4) is 0 Å². The Balaban J connectivity index is 3.72. The molecule has 22 heavy (non-hydrogen) atoms. The lowest BCUT2D eigenvalue weighted by Gasteiger charge is -2.21. The van der Waals surface area contributed by atoms with Crippen LogP contribution >= 0.6 is 0 Å². The molecule has 0 saturated carbocycles. The fraction of sp³-hybridized carbons (Fsp3) is 0.947. The summed E-state index contributed by atoms with van der Waals surface area (Å²) in [6.07, 6.45) is 16.0. The topological polar surface area (TPSA) is 40.5 Å². The largest absolute Gasteiger partial charge is 0.481 e. The quantitative estimate of drug-likeness (QED) is 0.361. The Morgan fingerprint density at radius 3 is 1.50 bits per heavy atom. The van der Waals surface area contributed by atoms with Crippen LogP contribution < -0.4 is 0 Å². The lowest BCUT2D eigenvalue weighted by atomic mass is 10.1. The summed E-state index contributed by atoms with van der Waals surface area (Å²) in [5, 5.41) is 8.87. The molecule has 0 unspecified atom stereocenters. The minimum atomic E-state index is -0.670. The summed E-state index contributed by atoms with van der Waals surface area (Å²) in [7, 11) is 0. The second kappa shape index (κ2) is 16.8. The summed E-state index contributed by atoms with van der Waals surface area (Å²) in [5.41, 5.74) is 0. The maximum atomic E-state index is 10.8. The van der Waals surface area contributed by atoms with Gasteiger partial charge in [-0.05, 0) is 25.9 Å². The van der Waals surface area contributed by atoms with Gasteiger partial charge in [-0.15, -0.1) is 0 Å². The molecule has 0 bridgehead atoms. The SMILES string of the molecule is CCCCCCCCN(CCCCCCCC)CCC(=O)O. The average Bonchev–Trinajstić information content (AvgIpc) is 2.50. The van der Waals surface area contributed by atoms with E-state index in [1.54, 1.807) is 0 Å². The van der Waals surface area contributed by atoms with Gasteiger partial charge in [-0.3, -0.25) is 4.79 Å². The van der Waals surface area contributed by atoms with E-state index in [2.05, 4.69) is 18.7 Å². The van der Waals surface area contributed by atoms with Crippen LogP contribution in [0.1, 0.15) is 97.3 Å². The van der Waals surface area contributed by atoms with Gasteiger partial charge in [0.05, 0.1) is 6.42 Å². The predicted octanol–water partition coefficient (Wildman–Crippen LogP) is 5.48. The highest BCUT2D eigenvalue weighted by Gasteiger charge is 2.07. The van der Waals surface area contributed by atoms with Crippen LogP contribution in [0, 0.1) is 0 Å². The second-order valence-electron chi connectivity index (χ2n) is 6.52. The fourth-order valence-corrected chi connectivity index (χ4v) is 2.82. The minimum Gasteiger partial charge on any atom is -0.481 e. The number of carboxylic acid groups (broad SMARTS) is 1. The Bertz CT molecular complexity index is 228. The van der Waals surface area contributed by atoms with Crippen molar-refractivity contribution in [3.63, 3.8) is 0 Å². The number of hydrogen-bond donors (Lipinski definition) is 1. The van der Waals surface area contributed by atoms with Gasteiger partial charge in [0.2, 0.25) is 0 Å². The van der Waals surface area contributed by atoms with Crippen LogP contribution in [0.5, 0.6) is 0 Å². The molecule has 0 atom stereocenters. The van der Waals surface area contributed by atoms with E-state index < -0.39 is 5.97 Å². The van der Waals surface area contributed by atoms with Crippen molar-refractivity contribution in [3.8, 4) is 0 Å². The van der Waals surface area contributed by atoms with E-state index in [1.807, 2.05) is 0 Å². The molecule has 132 valence electrons. The lowest BCUT2D eigenvalue weighted by Crippen LogP contribution is -2.28. The number of hydrogen-bond acceptors (Lipinski definition) is 2. The maximum absolute atomic E-state index is 10.8. The zero-order chi connectivity index (χ0) is 16.5. The molecule has 3 nitrogen and oxygen atoms in total. The summed E-state index contributed by atoms with van der Waals surface area (Å²) >= 11 is 0. The summed E-state index contributed by atoms with van der Waals surface area (Å²) in [4.78, 5) is 13.1. The summed E-state index contributed by atoms with van der Waals surface area (Å²) < 4.78 is 0. The first kappa shape index (κ1) is 21.4. The van der Waals surface area contributed by atoms with E-state index in [1.165, 1.54) is 77.0 Å². The van der Waals surface area contributed by atoms with Gasteiger partial charge in [0.1, 0.15) is 0 Å². The van der Waals surface area contributed by atoms with Gasteiger partial charge in [0, 0.05) is 6.54 Å².